The Morgan fingerprint density at radius 1 is 1.47 bits per heavy atom. The van der Waals surface area contributed by atoms with Gasteiger partial charge in [0.05, 0.1) is 5.03 Å². The third-order valence-corrected chi connectivity index (χ3v) is 4.16. The van der Waals surface area contributed by atoms with Gasteiger partial charge >= 0.3 is 0 Å². The molecule has 0 bridgehead atoms. The van der Waals surface area contributed by atoms with E-state index in [1.54, 1.807) is 6.20 Å². The Bertz CT molecular complexity index is 327. The first-order valence-electron chi connectivity index (χ1n) is 5.62. The zero-order valence-corrected chi connectivity index (χ0v) is 9.96. The third kappa shape index (κ3) is 3.13. The second-order valence-electron chi connectivity index (χ2n) is 4.44. The lowest BCUT2D eigenvalue weighted by Gasteiger charge is -2.25. The first-order valence-corrected chi connectivity index (χ1v) is 6.50. The van der Waals surface area contributed by atoms with Gasteiger partial charge in [0.2, 0.25) is 0 Å². The number of nitrogens with zero attached hydrogens (tertiary/aromatic N) is 1. The van der Waals surface area contributed by atoms with E-state index in [0.29, 0.717) is 0 Å². The molecule has 0 spiro atoms. The predicted molar refractivity (Wildman–Crippen MR) is 65.9 cm³/mol. The van der Waals surface area contributed by atoms with E-state index in [1.807, 2.05) is 23.9 Å². The number of pyridine rings is 1. The lowest BCUT2D eigenvalue weighted by atomic mass is 9.91. The fraction of sp³-hybridized carbons (Fsp3) is 0.583. The number of thioether (sulfide) groups is 1. The number of anilines is 1. The topological polar surface area (TPSA) is 38.9 Å². The van der Waals surface area contributed by atoms with Gasteiger partial charge in [0.25, 0.3) is 0 Å². The Morgan fingerprint density at radius 2 is 2.33 bits per heavy atom. The third-order valence-electron chi connectivity index (χ3n) is 2.93. The van der Waals surface area contributed by atoms with Crippen LogP contribution in [0, 0.1) is 5.92 Å². The van der Waals surface area contributed by atoms with Crippen molar-refractivity contribution in [3.8, 4) is 0 Å². The number of nitrogens with two attached hydrogens (primary N) is 1. The molecule has 0 saturated heterocycles. The quantitative estimate of drug-likeness (QED) is 0.834. The highest BCUT2D eigenvalue weighted by molar-refractivity contribution is 7.99. The number of hydrogen-bond acceptors (Lipinski definition) is 3. The van der Waals surface area contributed by atoms with Crippen molar-refractivity contribution in [1.82, 2.24) is 4.98 Å². The summed E-state index contributed by atoms with van der Waals surface area (Å²) in [4.78, 5) is 4.34. The van der Waals surface area contributed by atoms with E-state index < -0.39 is 0 Å². The van der Waals surface area contributed by atoms with E-state index in [2.05, 4.69) is 11.9 Å². The normalized spacial score (nSPS) is 26.5. The summed E-state index contributed by atoms with van der Waals surface area (Å²) in [6.45, 7) is 2.35. The summed E-state index contributed by atoms with van der Waals surface area (Å²) in [5.74, 6) is 0.873. The Labute approximate surface area is 95.7 Å². The van der Waals surface area contributed by atoms with Crippen LogP contribution in [0.2, 0.25) is 0 Å². The van der Waals surface area contributed by atoms with E-state index in [4.69, 9.17) is 5.73 Å². The van der Waals surface area contributed by atoms with E-state index >= 15 is 0 Å². The van der Waals surface area contributed by atoms with Gasteiger partial charge in [0.15, 0.2) is 0 Å². The molecule has 1 aromatic rings. The van der Waals surface area contributed by atoms with Gasteiger partial charge in [-0.1, -0.05) is 19.8 Å². The molecule has 15 heavy (non-hydrogen) atoms. The van der Waals surface area contributed by atoms with Crippen molar-refractivity contribution in [2.24, 2.45) is 5.92 Å². The monoisotopic (exact) mass is 222 g/mol. The van der Waals surface area contributed by atoms with Crippen molar-refractivity contribution in [3.63, 3.8) is 0 Å². The van der Waals surface area contributed by atoms with Gasteiger partial charge in [-0.3, -0.25) is 0 Å². The Morgan fingerprint density at radius 3 is 3.07 bits per heavy atom. The SMILES string of the molecule is CC1CCCC(Sc2cc(N)ccn2)C1. The largest absolute Gasteiger partial charge is 0.399 e. The molecule has 2 atom stereocenters. The molecule has 82 valence electrons. The van der Waals surface area contributed by atoms with Crippen LogP contribution in [0.15, 0.2) is 23.4 Å². The number of nitrogen functional groups attached to an aromatic ring is 1. The molecule has 0 aromatic carbocycles. The molecule has 0 aliphatic heterocycles. The lowest BCUT2D eigenvalue weighted by molar-refractivity contribution is 0.394. The number of aromatic nitrogens is 1. The summed E-state index contributed by atoms with van der Waals surface area (Å²) in [6.07, 6.45) is 7.19. The maximum absolute atomic E-state index is 5.74. The molecular weight excluding hydrogens is 204 g/mol. The van der Waals surface area contributed by atoms with Gasteiger partial charge in [0, 0.05) is 17.1 Å². The molecular formula is C12H18N2S. The van der Waals surface area contributed by atoms with Crippen LogP contribution >= 0.6 is 11.8 Å². The second kappa shape index (κ2) is 4.88. The van der Waals surface area contributed by atoms with Crippen LogP contribution in [0.5, 0.6) is 0 Å². The zero-order chi connectivity index (χ0) is 10.7. The number of rotatable bonds is 2. The van der Waals surface area contributed by atoms with Crippen LogP contribution in [-0.4, -0.2) is 10.2 Å². The highest BCUT2D eigenvalue weighted by Gasteiger charge is 2.19. The molecule has 0 amide bonds. The van der Waals surface area contributed by atoms with Crippen molar-refractivity contribution < 1.29 is 0 Å². The second-order valence-corrected chi connectivity index (χ2v) is 5.76. The molecule has 1 aliphatic rings. The van der Waals surface area contributed by atoms with E-state index in [-0.39, 0.29) is 0 Å². The minimum atomic E-state index is 0.739. The Hall–Kier alpha value is -0.700. The van der Waals surface area contributed by atoms with Crippen LogP contribution in [0.3, 0.4) is 0 Å². The van der Waals surface area contributed by atoms with Gasteiger partial charge in [-0.2, -0.15) is 0 Å². The first kappa shape index (κ1) is 10.8. The molecule has 1 saturated carbocycles. The standard InChI is InChI=1S/C12H18N2S/c1-9-3-2-4-11(7-9)15-12-8-10(13)5-6-14-12/h5-6,8-9,11H,2-4,7H2,1H3,(H2,13,14). The Kier molecular flexibility index (Phi) is 3.52. The van der Waals surface area contributed by atoms with Crippen LogP contribution in [0.1, 0.15) is 32.6 Å². The summed E-state index contributed by atoms with van der Waals surface area (Å²) in [5.41, 5.74) is 6.55. The highest BCUT2D eigenvalue weighted by atomic mass is 32.2. The molecule has 1 aliphatic carbocycles. The van der Waals surface area contributed by atoms with Crippen molar-refractivity contribution in [1.29, 1.82) is 0 Å². The van der Waals surface area contributed by atoms with Gasteiger partial charge in [0.1, 0.15) is 0 Å². The molecule has 2 rings (SSSR count). The predicted octanol–water partition coefficient (Wildman–Crippen LogP) is 3.33. The molecule has 1 fully saturated rings. The van der Waals surface area contributed by atoms with Gasteiger partial charge in [-0.15, -0.1) is 11.8 Å². The zero-order valence-electron chi connectivity index (χ0n) is 9.15. The van der Waals surface area contributed by atoms with Gasteiger partial charge in [-0.25, -0.2) is 4.98 Å². The van der Waals surface area contributed by atoms with Crippen LogP contribution < -0.4 is 5.73 Å². The molecule has 3 heteroatoms. The maximum atomic E-state index is 5.74. The maximum Gasteiger partial charge on any atom is 0.0983 e. The summed E-state index contributed by atoms with van der Waals surface area (Å²) >= 11 is 1.89. The fourth-order valence-corrected chi connectivity index (χ4v) is 3.52. The average Bonchev–Trinajstić information content (AvgIpc) is 2.17. The minimum absolute atomic E-state index is 0.739. The van der Waals surface area contributed by atoms with E-state index in [1.165, 1.54) is 25.7 Å². The molecule has 2 unspecified atom stereocenters. The summed E-state index contributed by atoms with van der Waals surface area (Å²) in [7, 11) is 0. The summed E-state index contributed by atoms with van der Waals surface area (Å²) in [6, 6.07) is 3.82. The van der Waals surface area contributed by atoms with Crippen molar-refractivity contribution in [2.45, 2.75) is 42.9 Å². The summed E-state index contributed by atoms with van der Waals surface area (Å²) in [5, 5.41) is 1.82. The van der Waals surface area contributed by atoms with E-state index in [0.717, 1.165) is 21.9 Å². The smallest absolute Gasteiger partial charge is 0.0983 e. The minimum Gasteiger partial charge on any atom is -0.399 e. The van der Waals surface area contributed by atoms with Crippen LogP contribution in [-0.2, 0) is 0 Å². The molecule has 1 heterocycles. The van der Waals surface area contributed by atoms with Crippen molar-refractivity contribution in [2.75, 3.05) is 5.73 Å². The Balaban J connectivity index is 1.96. The fourth-order valence-electron chi connectivity index (χ4n) is 2.15. The van der Waals surface area contributed by atoms with Gasteiger partial charge in [-0.05, 0) is 30.9 Å². The molecule has 0 radical (unpaired) electrons. The van der Waals surface area contributed by atoms with Gasteiger partial charge < -0.3 is 5.73 Å². The average molecular weight is 222 g/mol. The van der Waals surface area contributed by atoms with E-state index in [9.17, 15) is 0 Å². The van der Waals surface area contributed by atoms with Crippen molar-refractivity contribution in [3.05, 3.63) is 18.3 Å². The van der Waals surface area contributed by atoms with Crippen molar-refractivity contribution >= 4 is 17.4 Å². The molecule has 1 aromatic heterocycles. The van der Waals surface area contributed by atoms with Crippen LogP contribution in [0.25, 0.3) is 0 Å². The number of hydrogen-bond donors (Lipinski definition) is 1. The summed E-state index contributed by atoms with van der Waals surface area (Å²) < 4.78 is 0. The molecule has 2 N–H and O–H groups in total. The lowest BCUT2D eigenvalue weighted by Crippen LogP contribution is -2.15. The highest BCUT2D eigenvalue weighted by Crippen LogP contribution is 2.35. The van der Waals surface area contributed by atoms with Crippen LogP contribution in [0.4, 0.5) is 5.69 Å². The first-order chi connectivity index (χ1) is 7.24. The molecule has 2 nitrogen and oxygen atoms in total.